The largest absolute Gasteiger partial charge is 0.377 e. The van der Waals surface area contributed by atoms with Crippen LogP contribution in [-0.2, 0) is 16.1 Å². The predicted octanol–water partition coefficient (Wildman–Crippen LogP) is 3.71. The number of amides is 1. The summed E-state index contributed by atoms with van der Waals surface area (Å²) >= 11 is 1.69. The first-order valence-corrected chi connectivity index (χ1v) is 10.7. The van der Waals surface area contributed by atoms with Crippen molar-refractivity contribution in [1.82, 2.24) is 15.3 Å². The normalized spacial score (nSPS) is 17.2. The molecule has 1 fully saturated rings. The fourth-order valence-electron chi connectivity index (χ4n) is 3.41. The number of hydrogen-bond acceptors (Lipinski definition) is 6. The summed E-state index contributed by atoms with van der Waals surface area (Å²) in [6, 6.07) is 4.47. The summed E-state index contributed by atoms with van der Waals surface area (Å²) < 4.78 is 5.57. The zero-order valence-corrected chi connectivity index (χ0v) is 18.2. The summed E-state index contributed by atoms with van der Waals surface area (Å²) in [4.78, 5) is 25.0. The van der Waals surface area contributed by atoms with Crippen LogP contribution in [0.3, 0.4) is 0 Å². The van der Waals surface area contributed by atoms with E-state index in [1.54, 1.807) is 11.3 Å². The first-order valence-electron chi connectivity index (χ1n) is 9.90. The van der Waals surface area contributed by atoms with Gasteiger partial charge in [0, 0.05) is 24.4 Å². The van der Waals surface area contributed by atoms with Gasteiger partial charge in [-0.3, -0.25) is 9.78 Å². The van der Waals surface area contributed by atoms with Gasteiger partial charge in [-0.1, -0.05) is 25.2 Å². The fraction of sp³-hybridized carbons (Fsp3) is 0.571. The van der Waals surface area contributed by atoms with Crippen molar-refractivity contribution < 1.29 is 9.53 Å². The molecule has 1 aliphatic rings. The Hall–Kier alpha value is -1.99. The number of morpholine rings is 1. The van der Waals surface area contributed by atoms with Gasteiger partial charge in [0.2, 0.25) is 5.91 Å². The van der Waals surface area contributed by atoms with E-state index in [1.807, 2.05) is 27.7 Å². The van der Waals surface area contributed by atoms with Crippen molar-refractivity contribution in [3.63, 3.8) is 0 Å². The van der Waals surface area contributed by atoms with Gasteiger partial charge in [-0.05, 0) is 44.4 Å². The molecule has 3 rings (SSSR count). The van der Waals surface area contributed by atoms with E-state index in [2.05, 4.69) is 34.3 Å². The second kappa shape index (κ2) is 9.01. The number of nitrogens with zero attached hydrogens (tertiary/aromatic N) is 3. The van der Waals surface area contributed by atoms with Gasteiger partial charge in [-0.15, -0.1) is 0 Å². The molecule has 1 atom stereocenters. The van der Waals surface area contributed by atoms with Gasteiger partial charge in [0.1, 0.15) is 0 Å². The van der Waals surface area contributed by atoms with Crippen LogP contribution >= 0.6 is 11.3 Å². The second-order valence-electron chi connectivity index (χ2n) is 7.90. The molecule has 0 saturated carbocycles. The summed E-state index contributed by atoms with van der Waals surface area (Å²) in [5, 5.41) is 4.04. The molecule has 0 aliphatic carbocycles. The van der Waals surface area contributed by atoms with Crippen molar-refractivity contribution in [1.29, 1.82) is 0 Å². The first-order chi connectivity index (χ1) is 13.3. The highest BCUT2D eigenvalue weighted by atomic mass is 32.1. The SMILES string of the molecule is Cc1cc(-c2sc(N3CCOC[C@@H]3C)nc2CNC(=O)CC(C)C)cc(C)n1. The Balaban J connectivity index is 1.92. The molecule has 1 aliphatic heterocycles. The number of nitrogens with one attached hydrogen (secondary N) is 1. The molecule has 1 amide bonds. The Kier molecular flexibility index (Phi) is 6.67. The molecular weight excluding hydrogens is 372 g/mol. The molecule has 0 bridgehead atoms. The Labute approximate surface area is 171 Å². The predicted molar refractivity (Wildman–Crippen MR) is 114 cm³/mol. The van der Waals surface area contributed by atoms with Crippen LogP contribution in [0, 0.1) is 19.8 Å². The third kappa shape index (κ3) is 5.08. The number of thiazole rings is 1. The Morgan fingerprint density at radius 1 is 1.32 bits per heavy atom. The van der Waals surface area contributed by atoms with Gasteiger partial charge in [0.15, 0.2) is 5.13 Å². The van der Waals surface area contributed by atoms with Gasteiger partial charge >= 0.3 is 0 Å². The fourth-order valence-corrected chi connectivity index (χ4v) is 4.61. The van der Waals surface area contributed by atoms with Crippen molar-refractivity contribution in [3.8, 4) is 10.4 Å². The summed E-state index contributed by atoms with van der Waals surface area (Å²) in [5.74, 6) is 0.405. The smallest absolute Gasteiger partial charge is 0.220 e. The molecule has 7 heteroatoms. The number of aryl methyl sites for hydroxylation is 2. The van der Waals surface area contributed by atoms with Gasteiger partial charge in [-0.25, -0.2) is 4.98 Å². The Bertz CT molecular complexity index is 814. The molecule has 0 radical (unpaired) electrons. The number of carbonyl (C=O) groups is 1. The van der Waals surface area contributed by atoms with Gasteiger partial charge in [0.05, 0.1) is 36.4 Å². The van der Waals surface area contributed by atoms with Crippen molar-refractivity contribution in [3.05, 3.63) is 29.2 Å². The molecule has 2 aromatic rings. The van der Waals surface area contributed by atoms with Crippen molar-refractivity contribution in [2.75, 3.05) is 24.7 Å². The summed E-state index contributed by atoms with van der Waals surface area (Å²) in [6.07, 6.45) is 0.528. The van der Waals surface area contributed by atoms with Crippen LogP contribution in [0.1, 0.15) is 44.3 Å². The van der Waals surface area contributed by atoms with E-state index in [-0.39, 0.29) is 11.9 Å². The van der Waals surface area contributed by atoms with Crippen LogP contribution in [0.25, 0.3) is 10.4 Å². The standard InChI is InChI=1S/C21H30N4O2S/c1-13(2)8-19(26)22-11-18-20(17-9-14(3)23-15(4)10-17)28-21(24-18)25-6-7-27-12-16(25)5/h9-10,13,16H,6-8,11-12H2,1-5H3,(H,22,26)/t16-/m0/s1. The summed E-state index contributed by atoms with van der Waals surface area (Å²) in [5.41, 5.74) is 4.00. The number of aromatic nitrogens is 2. The summed E-state index contributed by atoms with van der Waals surface area (Å²) in [7, 11) is 0. The van der Waals surface area contributed by atoms with E-state index in [0.717, 1.165) is 39.2 Å². The number of hydrogen-bond donors (Lipinski definition) is 1. The maximum Gasteiger partial charge on any atom is 0.220 e. The molecular formula is C21H30N4O2S. The first kappa shape index (κ1) is 20.7. The van der Waals surface area contributed by atoms with Gasteiger partial charge < -0.3 is 15.0 Å². The monoisotopic (exact) mass is 402 g/mol. The lowest BCUT2D eigenvalue weighted by atomic mass is 10.1. The van der Waals surface area contributed by atoms with Crippen LogP contribution in [0.4, 0.5) is 5.13 Å². The molecule has 6 nitrogen and oxygen atoms in total. The molecule has 2 aromatic heterocycles. The molecule has 0 spiro atoms. The average molecular weight is 403 g/mol. The average Bonchev–Trinajstić information content (AvgIpc) is 3.03. The van der Waals surface area contributed by atoms with E-state index < -0.39 is 0 Å². The van der Waals surface area contributed by atoms with E-state index in [0.29, 0.717) is 32.1 Å². The number of carbonyl (C=O) groups excluding carboxylic acids is 1. The zero-order chi connectivity index (χ0) is 20.3. The lowest BCUT2D eigenvalue weighted by Crippen LogP contribution is -2.43. The Morgan fingerprint density at radius 2 is 2.04 bits per heavy atom. The minimum absolute atomic E-state index is 0.0670. The molecule has 1 N–H and O–H groups in total. The van der Waals surface area contributed by atoms with Gasteiger partial charge in [-0.2, -0.15) is 0 Å². The number of rotatable bonds is 6. The third-order valence-electron chi connectivity index (χ3n) is 4.69. The van der Waals surface area contributed by atoms with E-state index >= 15 is 0 Å². The minimum atomic E-state index is 0.0670. The molecule has 28 heavy (non-hydrogen) atoms. The molecule has 0 unspecified atom stereocenters. The minimum Gasteiger partial charge on any atom is -0.377 e. The highest BCUT2D eigenvalue weighted by Crippen LogP contribution is 2.36. The maximum absolute atomic E-state index is 12.2. The molecule has 152 valence electrons. The highest BCUT2D eigenvalue weighted by molar-refractivity contribution is 7.19. The van der Waals surface area contributed by atoms with Crippen LogP contribution in [-0.4, -0.2) is 41.7 Å². The Morgan fingerprint density at radius 3 is 2.68 bits per heavy atom. The van der Waals surface area contributed by atoms with E-state index in [9.17, 15) is 4.79 Å². The third-order valence-corrected chi connectivity index (χ3v) is 5.87. The van der Waals surface area contributed by atoms with Crippen LogP contribution in [0.15, 0.2) is 12.1 Å². The van der Waals surface area contributed by atoms with E-state index in [1.165, 1.54) is 0 Å². The van der Waals surface area contributed by atoms with Crippen molar-refractivity contribution in [2.45, 2.75) is 53.6 Å². The van der Waals surface area contributed by atoms with Crippen LogP contribution in [0.5, 0.6) is 0 Å². The lowest BCUT2D eigenvalue weighted by Gasteiger charge is -2.32. The lowest BCUT2D eigenvalue weighted by molar-refractivity contribution is -0.121. The highest BCUT2D eigenvalue weighted by Gasteiger charge is 2.24. The maximum atomic E-state index is 12.2. The van der Waals surface area contributed by atoms with E-state index in [4.69, 9.17) is 9.72 Å². The summed E-state index contributed by atoms with van der Waals surface area (Å²) in [6.45, 7) is 13.0. The van der Waals surface area contributed by atoms with Crippen LogP contribution in [0.2, 0.25) is 0 Å². The van der Waals surface area contributed by atoms with Gasteiger partial charge in [0.25, 0.3) is 0 Å². The van der Waals surface area contributed by atoms with Crippen LogP contribution < -0.4 is 10.2 Å². The zero-order valence-electron chi connectivity index (χ0n) is 17.4. The number of anilines is 1. The molecule has 1 saturated heterocycles. The van der Waals surface area contributed by atoms with Crippen molar-refractivity contribution >= 4 is 22.4 Å². The molecule has 0 aromatic carbocycles. The molecule has 3 heterocycles. The second-order valence-corrected chi connectivity index (χ2v) is 8.88. The van der Waals surface area contributed by atoms with Crippen molar-refractivity contribution in [2.24, 2.45) is 5.92 Å². The quantitative estimate of drug-likeness (QED) is 0.798. The topological polar surface area (TPSA) is 67.3 Å². The number of pyridine rings is 1. The number of ether oxygens (including phenoxy) is 1.